The molecule has 3 N–H and O–H groups in total. The maximum absolute atomic E-state index is 12.5. The Hall–Kier alpha value is -2.94. The molecule has 1 atom stereocenters. The number of amides is 3. The monoisotopic (exact) mass is 419 g/mol. The van der Waals surface area contributed by atoms with Gasteiger partial charge in [0.15, 0.2) is 6.61 Å². The van der Waals surface area contributed by atoms with Gasteiger partial charge in [0.25, 0.3) is 17.7 Å². The van der Waals surface area contributed by atoms with Crippen molar-refractivity contribution in [1.29, 1.82) is 0 Å². The van der Waals surface area contributed by atoms with Gasteiger partial charge in [0.2, 0.25) is 0 Å². The van der Waals surface area contributed by atoms with Crippen LogP contribution in [0.2, 0.25) is 0 Å². The van der Waals surface area contributed by atoms with Crippen molar-refractivity contribution in [3.8, 4) is 5.75 Å². The molecular weight excluding hydrogens is 394 g/mol. The average Bonchev–Trinajstić information content (AvgIpc) is 3.06. The lowest BCUT2D eigenvalue weighted by molar-refractivity contribution is -0.130. The zero-order valence-electron chi connectivity index (χ0n) is 16.6. The first-order valence-corrected chi connectivity index (χ1v) is 10.4. The van der Waals surface area contributed by atoms with E-state index in [9.17, 15) is 14.4 Å². The first kappa shape index (κ1) is 22.4. The second kappa shape index (κ2) is 11.2. The summed E-state index contributed by atoms with van der Waals surface area (Å²) in [5, 5.41) is 2.64. The lowest BCUT2D eigenvalue weighted by Crippen LogP contribution is -2.53. The summed E-state index contributed by atoms with van der Waals surface area (Å²) in [6.45, 7) is 3.18. The highest BCUT2D eigenvalue weighted by molar-refractivity contribution is 7.98. The third-order valence-electron chi connectivity index (χ3n) is 3.96. The molecule has 0 saturated heterocycles. The van der Waals surface area contributed by atoms with Crippen LogP contribution in [0.5, 0.6) is 5.75 Å². The van der Waals surface area contributed by atoms with Crippen LogP contribution in [0.3, 0.4) is 0 Å². The third-order valence-corrected chi connectivity index (χ3v) is 4.60. The maximum Gasteiger partial charge on any atom is 0.273 e. The van der Waals surface area contributed by atoms with Crippen LogP contribution in [-0.4, -0.2) is 42.4 Å². The van der Waals surface area contributed by atoms with Crippen molar-refractivity contribution in [1.82, 2.24) is 16.2 Å². The van der Waals surface area contributed by atoms with Crippen molar-refractivity contribution >= 4 is 29.5 Å². The fourth-order valence-corrected chi connectivity index (χ4v) is 3.01. The second-order valence-electron chi connectivity index (χ2n) is 6.27. The Bertz CT molecular complexity index is 838. The Kier molecular flexibility index (Phi) is 8.60. The lowest BCUT2D eigenvalue weighted by Gasteiger charge is -2.18. The normalized spacial score (nSPS) is 11.4. The highest BCUT2D eigenvalue weighted by atomic mass is 32.2. The molecule has 29 heavy (non-hydrogen) atoms. The molecule has 0 fully saturated rings. The van der Waals surface area contributed by atoms with E-state index in [0.29, 0.717) is 35.0 Å². The number of para-hydroxylation sites is 1. The van der Waals surface area contributed by atoms with E-state index in [0.717, 1.165) is 0 Å². The summed E-state index contributed by atoms with van der Waals surface area (Å²) in [4.78, 5) is 36.9. The molecule has 1 aromatic heterocycles. The van der Waals surface area contributed by atoms with Gasteiger partial charge in [-0.25, -0.2) is 0 Å². The molecule has 0 radical (unpaired) electrons. The quantitative estimate of drug-likeness (QED) is 0.536. The van der Waals surface area contributed by atoms with Crippen molar-refractivity contribution in [2.24, 2.45) is 0 Å². The van der Waals surface area contributed by atoms with E-state index in [-0.39, 0.29) is 6.61 Å². The highest BCUT2D eigenvalue weighted by Crippen LogP contribution is 2.13. The minimum absolute atomic E-state index is 0.215. The Balaban J connectivity index is 1.88. The molecule has 0 bridgehead atoms. The van der Waals surface area contributed by atoms with E-state index < -0.39 is 23.8 Å². The number of rotatable bonds is 9. The van der Waals surface area contributed by atoms with Gasteiger partial charge in [0, 0.05) is 0 Å². The van der Waals surface area contributed by atoms with E-state index >= 15 is 0 Å². The van der Waals surface area contributed by atoms with E-state index in [1.165, 1.54) is 0 Å². The van der Waals surface area contributed by atoms with Gasteiger partial charge in [0.1, 0.15) is 23.3 Å². The minimum atomic E-state index is -0.804. The zero-order valence-corrected chi connectivity index (χ0v) is 17.4. The smallest absolute Gasteiger partial charge is 0.273 e. The van der Waals surface area contributed by atoms with Gasteiger partial charge in [-0.1, -0.05) is 18.2 Å². The van der Waals surface area contributed by atoms with Crippen molar-refractivity contribution in [3.63, 3.8) is 0 Å². The van der Waals surface area contributed by atoms with Crippen molar-refractivity contribution in [3.05, 3.63) is 53.5 Å². The third kappa shape index (κ3) is 7.19. The number of nitrogens with one attached hydrogen (secondary N) is 3. The summed E-state index contributed by atoms with van der Waals surface area (Å²) < 4.78 is 10.7. The molecule has 0 spiro atoms. The Morgan fingerprint density at radius 2 is 1.86 bits per heavy atom. The van der Waals surface area contributed by atoms with Gasteiger partial charge < -0.3 is 14.5 Å². The Labute approximate surface area is 173 Å². The number of thioether (sulfide) groups is 1. The number of furan rings is 1. The number of aryl methyl sites for hydroxylation is 2. The SMILES string of the molecule is CSCC[C@H](NC(=O)COc1ccccc1)C(=O)NNC(=O)c1cc(C)oc1C. The summed E-state index contributed by atoms with van der Waals surface area (Å²) in [5.41, 5.74) is 5.05. The molecule has 8 nitrogen and oxygen atoms in total. The summed E-state index contributed by atoms with van der Waals surface area (Å²) in [5.74, 6) is 0.843. The Morgan fingerprint density at radius 3 is 2.48 bits per heavy atom. The van der Waals surface area contributed by atoms with Crippen LogP contribution in [-0.2, 0) is 9.59 Å². The van der Waals surface area contributed by atoms with Gasteiger partial charge in [-0.3, -0.25) is 25.2 Å². The molecule has 0 aliphatic heterocycles. The molecule has 3 amide bonds. The van der Waals surface area contributed by atoms with Crippen LogP contribution < -0.4 is 20.9 Å². The molecule has 2 rings (SSSR count). The van der Waals surface area contributed by atoms with Crippen molar-refractivity contribution in [2.75, 3.05) is 18.6 Å². The largest absolute Gasteiger partial charge is 0.484 e. The fourth-order valence-electron chi connectivity index (χ4n) is 2.54. The molecule has 0 aliphatic rings. The molecule has 9 heteroatoms. The van der Waals surface area contributed by atoms with Gasteiger partial charge in [-0.2, -0.15) is 11.8 Å². The lowest BCUT2D eigenvalue weighted by atomic mass is 10.2. The van der Waals surface area contributed by atoms with Gasteiger partial charge in [-0.05, 0) is 50.5 Å². The average molecular weight is 420 g/mol. The number of hydrazine groups is 1. The van der Waals surface area contributed by atoms with E-state index in [2.05, 4.69) is 16.2 Å². The van der Waals surface area contributed by atoms with E-state index in [1.54, 1.807) is 55.9 Å². The topological polar surface area (TPSA) is 110 Å². The molecule has 0 aliphatic carbocycles. The number of hydrogen-bond acceptors (Lipinski definition) is 6. The first-order chi connectivity index (χ1) is 13.9. The van der Waals surface area contributed by atoms with E-state index in [1.807, 2.05) is 12.3 Å². The zero-order chi connectivity index (χ0) is 21.2. The van der Waals surface area contributed by atoms with Crippen molar-refractivity contribution in [2.45, 2.75) is 26.3 Å². The maximum atomic E-state index is 12.5. The number of benzene rings is 1. The van der Waals surface area contributed by atoms with Crippen LogP contribution in [0.25, 0.3) is 0 Å². The minimum Gasteiger partial charge on any atom is -0.484 e. The van der Waals surface area contributed by atoms with Gasteiger partial charge >= 0.3 is 0 Å². The molecule has 1 heterocycles. The standard InChI is InChI=1S/C20H25N3O5S/c1-13-11-16(14(2)28-13)19(25)22-23-20(26)17(9-10-29-3)21-18(24)12-27-15-7-5-4-6-8-15/h4-8,11,17H,9-10,12H2,1-3H3,(H,21,24)(H,22,25)(H,23,26)/t17-/m0/s1. The molecule has 2 aromatic rings. The summed E-state index contributed by atoms with van der Waals surface area (Å²) in [6.07, 6.45) is 2.31. The highest BCUT2D eigenvalue weighted by Gasteiger charge is 2.22. The fraction of sp³-hybridized carbons (Fsp3) is 0.350. The van der Waals surface area contributed by atoms with Crippen LogP contribution >= 0.6 is 11.8 Å². The Morgan fingerprint density at radius 1 is 1.14 bits per heavy atom. The summed E-state index contributed by atoms with van der Waals surface area (Å²) >= 11 is 1.55. The van der Waals surface area contributed by atoms with Crippen LogP contribution in [0, 0.1) is 13.8 Å². The molecule has 156 valence electrons. The summed E-state index contributed by atoms with van der Waals surface area (Å²) in [6, 6.07) is 9.70. The predicted molar refractivity (Wildman–Crippen MR) is 111 cm³/mol. The second-order valence-corrected chi connectivity index (χ2v) is 7.26. The molecular formula is C20H25N3O5S. The van der Waals surface area contributed by atoms with Gasteiger partial charge in [0.05, 0.1) is 5.56 Å². The first-order valence-electron chi connectivity index (χ1n) is 9.04. The van der Waals surface area contributed by atoms with Crippen LogP contribution in [0.1, 0.15) is 28.3 Å². The molecule has 0 unspecified atom stereocenters. The number of carbonyl (C=O) groups excluding carboxylic acids is 3. The number of ether oxygens (including phenoxy) is 1. The number of carbonyl (C=O) groups is 3. The van der Waals surface area contributed by atoms with Gasteiger partial charge in [-0.15, -0.1) is 0 Å². The number of hydrogen-bond donors (Lipinski definition) is 3. The molecule has 0 saturated carbocycles. The van der Waals surface area contributed by atoms with Crippen LogP contribution in [0.15, 0.2) is 40.8 Å². The molecule has 1 aromatic carbocycles. The van der Waals surface area contributed by atoms with Crippen molar-refractivity contribution < 1.29 is 23.5 Å². The summed E-state index contributed by atoms with van der Waals surface area (Å²) in [7, 11) is 0. The van der Waals surface area contributed by atoms with E-state index in [4.69, 9.17) is 9.15 Å². The van der Waals surface area contributed by atoms with Crippen LogP contribution in [0.4, 0.5) is 0 Å². The predicted octanol–water partition coefficient (Wildman–Crippen LogP) is 1.97.